The predicted molar refractivity (Wildman–Crippen MR) is 86.7 cm³/mol. The highest BCUT2D eigenvalue weighted by molar-refractivity contribution is 9.10. The van der Waals surface area contributed by atoms with Crippen molar-refractivity contribution in [2.75, 3.05) is 6.61 Å². The molecule has 0 heterocycles. The van der Waals surface area contributed by atoms with Gasteiger partial charge in [0.1, 0.15) is 6.61 Å². The third kappa shape index (κ3) is 4.22. The van der Waals surface area contributed by atoms with Crippen LogP contribution in [0.4, 0.5) is 0 Å². The summed E-state index contributed by atoms with van der Waals surface area (Å²) >= 11 is 3.43. The maximum Gasteiger partial charge on any atom is 0.162 e. The normalized spacial score (nSPS) is 10.5. The predicted octanol–water partition coefficient (Wildman–Crippen LogP) is 4.23. The van der Waals surface area contributed by atoms with Gasteiger partial charge in [0.05, 0.1) is 13.2 Å². The largest absolute Gasteiger partial charge is 0.490 e. The van der Waals surface area contributed by atoms with Crippen molar-refractivity contribution in [1.82, 2.24) is 0 Å². The van der Waals surface area contributed by atoms with E-state index < -0.39 is 0 Å². The van der Waals surface area contributed by atoms with E-state index in [0.717, 1.165) is 15.6 Å². The van der Waals surface area contributed by atoms with Crippen LogP contribution in [0.15, 0.2) is 40.9 Å². The van der Waals surface area contributed by atoms with Gasteiger partial charge in [-0.3, -0.25) is 0 Å². The lowest BCUT2D eigenvalue weighted by molar-refractivity contribution is 0.263. The van der Waals surface area contributed by atoms with Crippen LogP contribution < -0.4 is 9.47 Å². The van der Waals surface area contributed by atoms with E-state index in [2.05, 4.69) is 35.0 Å². The van der Waals surface area contributed by atoms with Gasteiger partial charge in [0, 0.05) is 4.47 Å². The van der Waals surface area contributed by atoms with Gasteiger partial charge in [-0.05, 0) is 37.1 Å². The molecule has 3 nitrogen and oxygen atoms in total. The van der Waals surface area contributed by atoms with Crippen molar-refractivity contribution >= 4 is 15.9 Å². The summed E-state index contributed by atoms with van der Waals surface area (Å²) in [5, 5.41) is 9.31. The maximum absolute atomic E-state index is 9.31. The van der Waals surface area contributed by atoms with Crippen LogP contribution in [0.1, 0.15) is 23.6 Å². The molecule has 21 heavy (non-hydrogen) atoms. The van der Waals surface area contributed by atoms with E-state index in [0.29, 0.717) is 24.7 Å². The first-order valence-electron chi connectivity index (χ1n) is 6.88. The van der Waals surface area contributed by atoms with E-state index in [4.69, 9.17) is 9.47 Å². The van der Waals surface area contributed by atoms with E-state index in [-0.39, 0.29) is 6.61 Å². The number of aliphatic hydroxyl groups is 1. The molecule has 0 saturated heterocycles. The maximum atomic E-state index is 9.31. The highest BCUT2D eigenvalue weighted by Crippen LogP contribution is 2.34. The number of rotatable bonds is 6. The van der Waals surface area contributed by atoms with Crippen molar-refractivity contribution in [2.24, 2.45) is 0 Å². The summed E-state index contributed by atoms with van der Waals surface area (Å²) in [6.07, 6.45) is 0. The molecule has 0 bridgehead atoms. The molecule has 0 aliphatic rings. The molecule has 1 N–H and O–H groups in total. The molecule has 0 aliphatic heterocycles. The first-order chi connectivity index (χ1) is 10.1. The smallest absolute Gasteiger partial charge is 0.162 e. The van der Waals surface area contributed by atoms with Crippen LogP contribution in [0.5, 0.6) is 11.5 Å². The molecular formula is C17H19BrO3. The van der Waals surface area contributed by atoms with E-state index >= 15 is 0 Å². The number of hydrogen-bond acceptors (Lipinski definition) is 3. The van der Waals surface area contributed by atoms with Crippen molar-refractivity contribution in [3.63, 3.8) is 0 Å². The Morgan fingerprint density at radius 1 is 1.05 bits per heavy atom. The molecule has 0 radical (unpaired) electrons. The fraction of sp³-hybridized carbons (Fsp3) is 0.294. The van der Waals surface area contributed by atoms with E-state index in [1.807, 2.05) is 25.1 Å². The second kappa shape index (κ2) is 7.48. The minimum atomic E-state index is -0.0428. The molecular weight excluding hydrogens is 332 g/mol. The molecule has 0 unspecified atom stereocenters. The van der Waals surface area contributed by atoms with Gasteiger partial charge in [-0.25, -0.2) is 0 Å². The zero-order valence-electron chi connectivity index (χ0n) is 12.2. The number of halogens is 1. The molecule has 2 aromatic rings. The molecule has 0 aromatic heterocycles. The van der Waals surface area contributed by atoms with Gasteiger partial charge in [-0.15, -0.1) is 0 Å². The number of benzene rings is 2. The third-order valence-corrected chi connectivity index (χ3v) is 3.84. The summed E-state index contributed by atoms with van der Waals surface area (Å²) in [5.74, 6) is 1.32. The van der Waals surface area contributed by atoms with Gasteiger partial charge in [-0.2, -0.15) is 0 Å². The number of hydrogen-bond donors (Lipinski definition) is 1. The summed E-state index contributed by atoms with van der Waals surface area (Å²) < 4.78 is 12.3. The number of aliphatic hydroxyl groups excluding tert-OH is 1. The standard InChI is InChI=1S/C17H19BrO3/c1-3-20-16-8-14(10-19)15(18)9-17(16)21-11-13-6-4-12(2)5-7-13/h4-9,19H,3,10-11H2,1-2H3. The Morgan fingerprint density at radius 3 is 2.33 bits per heavy atom. The highest BCUT2D eigenvalue weighted by Gasteiger charge is 2.10. The van der Waals surface area contributed by atoms with Crippen molar-refractivity contribution in [3.8, 4) is 11.5 Å². The van der Waals surface area contributed by atoms with Crippen LogP contribution in [0.3, 0.4) is 0 Å². The van der Waals surface area contributed by atoms with Gasteiger partial charge >= 0.3 is 0 Å². The van der Waals surface area contributed by atoms with Crippen molar-refractivity contribution < 1.29 is 14.6 Å². The second-order valence-electron chi connectivity index (χ2n) is 4.76. The lowest BCUT2D eigenvalue weighted by atomic mass is 10.1. The zero-order valence-corrected chi connectivity index (χ0v) is 13.8. The topological polar surface area (TPSA) is 38.7 Å². The Labute approximate surface area is 133 Å². The lowest BCUT2D eigenvalue weighted by Gasteiger charge is -2.14. The second-order valence-corrected chi connectivity index (χ2v) is 5.61. The summed E-state index contributed by atoms with van der Waals surface area (Å²) in [6.45, 7) is 4.96. The zero-order chi connectivity index (χ0) is 15.2. The van der Waals surface area contributed by atoms with Gasteiger partial charge in [0.15, 0.2) is 11.5 Å². The third-order valence-electron chi connectivity index (χ3n) is 3.10. The average molecular weight is 351 g/mol. The molecule has 2 aromatic carbocycles. The number of aryl methyl sites for hydroxylation is 1. The Bertz CT molecular complexity index is 594. The van der Waals surface area contributed by atoms with Crippen LogP contribution in [0, 0.1) is 6.92 Å². The lowest BCUT2D eigenvalue weighted by Crippen LogP contribution is -2.01. The van der Waals surface area contributed by atoms with Gasteiger partial charge < -0.3 is 14.6 Å². The minimum Gasteiger partial charge on any atom is -0.490 e. The van der Waals surface area contributed by atoms with Crippen LogP contribution in [0.25, 0.3) is 0 Å². The Hall–Kier alpha value is -1.52. The van der Waals surface area contributed by atoms with Crippen LogP contribution in [-0.4, -0.2) is 11.7 Å². The highest BCUT2D eigenvalue weighted by atomic mass is 79.9. The molecule has 0 spiro atoms. The van der Waals surface area contributed by atoms with E-state index in [9.17, 15) is 5.11 Å². The van der Waals surface area contributed by atoms with E-state index in [1.54, 1.807) is 6.07 Å². The molecule has 0 saturated carbocycles. The number of ether oxygens (including phenoxy) is 2. The van der Waals surface area contributed by atoms with Crippen LogP contribution >= 0.6 is 15.9 Å². The first-order valence-corrected chi connectivity index (χ1v) is 7.67. The molecule has 0 atom stereocenters. The van der Waals surface area contributed by atoms with Gasteiger partial charge in [0.2, 0.25) is 0 Å². The molecule has 112 valence electrons. The van der Waals surface area contributed by atoms with Crippen molar-refractivity contribution in [2.45, 2.75) is 27.1 Å². The first kappa shape index (κ1) is 15.9. The van der Waals surface area contributed by atoms with Crippen LogP contribution in [-0.2, 0) is 13.2 Å². The quantitative estimate of drug-likeness (QED) is 0.847. The SMILES string of the molecule is CCOc1cc(CO)c(Br)cc1OCc1ccc(C)cc1. The molecule has 2 rings (SSSR count). The van der Waals surface area contributed by atoms with Gasteiger partial charge in [0.25, 0.3) is 0 Å². The fourth-order valence-corrected chi connectivity index (χ4v) is 2.37. The summed E-state index contributed by atoms with van der Waals surface area (Å²) in [6, 6.07) is 11.9. The Kier molecular flexibility index (Phi) is 5.65. The van der Waals surface area contributed by atoms with Crippen molar-refractivity contribution in [1.29, 1.82) is 0 Å². The molecule has 4 heteroatoms. The summed E-state index contributed by atoms with van der Waals surface area (Å²) in [5.41, 5.74) is 3.11. The fourth-order valence-electron chi connectivity index (χ4n) is 1.92. The van der Waals surface area contributed by atoms with Gasteiger partial charge in [-0.1, -0.05) is 45.8 Å². The average Bonchev–Trinajstić information content (AvgIpc) is 2.49. The Balaban J connectivity index is 2.17. The molecule has 0 aliphatic carbocycles. The van der Waals surface area contributed by atoms with Crippen LogP contribution in [0.2, 0.25) is 0 Å². The van der Waals surface area contributed by atoms with Crippen molar-refractivity contribution in [3.05, 3.63) is 57.6 Å². The minimum absolute atomic E-state index is 0.0428. The monoisotopic (exact) mass is 350 g/mol. The summed E-state index contributed by atoms with van der Waals surface area (Å²) in [7, 11) is 0. The molecule has 0 fully saturated rings. The Morgan fingerprint density at radius 2 is 1.71 bits per heavy atom. The van der Waals surface area contributed by atoms with E-state index in [1.165, 1.54) is 5.56 Å². The molecule has 0 amide bonds. The summed E-state index contributed by atoms with van der Waals surface area (Å²) in [4.78, 5) is 0.